The standard InChI is InChI=1S/C14H14N4O3/c15-12(19)7-1-3-8(4-2-7)13-17-9-5-6-16-11(14(20)21)10(9)18-13/h1-4,11,16H,5-6H2,(H2,15,19)(H,17,18)(H,20,21). The van der Waals surface area contributed by atoms with E-state index < -0.39 is 17.9 Å². The van der Waals surface area contributed by atoms with Gasteiger partial charge in [0.15, 0.2) is 6.04 Å². The lowest BCUT2D eigenvalue weighted by Gasteiger charge is -2.18. The van der Waals surface area contributed by atoms with Crippen molar-refractivity contribution in [3.63, 3.8) is 0 Å². The van der Waals surface area contributed by atoms with Crippen molar-refractivity contribution in [3.8, 4) is 11.4 Å². The molecule has 1 aliphatic heterocycles. The maximum atomic E-state index is 11.2. The third kappa shape index (κ3) is 2.38. The number of hydrogen-bond acceptors (Lipinski definition) is 4. The molecule has 0 saturated carbocycles. The minimum atomic E-state index is -0.946. The van der Waals surface area contributed by atoms with Gasteiger partial charge in [-0.2, -0.15) is 0 Å². The number of carbonyl (C=O) groups is 2. The summed E-state index contributed by atoms with van der Waals surface area (Å²) in [6.07, 6.45) is 0.700. The Kier molecular flexibility index (Phi) is 3.19. The molecule has 7 nitrogen and oxygen atoms in total. The Morgan fingerprint density at radius 3 is 2.62 bits per heavy atom. The van der Waals surface area contributed by atoms with Gasteiger partial charge in [-0.15, -0.1) is 0 Å². The zero-order valence-electron chi connectivity index (χ0n) is 11.1. The number of aromatic nitrogens is 2. The number of fused-ring (bicyclic) bond motifs is 1. The molecule has 0 radical (unpaired) electrons. The van der Waals surface area contributed by atoms with Gasteiger partial charge in [0.05, 0.1) is 5.69 Å². The zero-order valence-corrected chi connectivity index (χ0v) is 11.1. The number of aromatic amines is 1. The second-order valence-corrected chi connectivity index (χ2v) is 4.87. The molecule has 1 amide bonds. The van der Waals surface area contributed by atoms with Gasteiger partial charge in [-0.1, -0.05) is 12.1 Å². The molecule has 21 heavy (non-hydrogen) atoms. The van der Waals surface area contributed by atoms with Crippen LogP contribution >= 0.6 is 0 Å². The monoisotopic (exact) mass is 286 g/mol. The number of benzene rings is 1. The summed E-state index contributed by atoms with van der Waals surface area (Å²) in [5.74, 6) is -0.848. The summed E-state index contributed by atoms with van der Waals surface area (Å²) in [7, 11) is 0. The van der Waals surface area contributed by atoms with Gasteiger partial charge in [0.1, 0.15) is 5.82 Å². The Morgan fingerprint density at radius 2 is 2.00 bits per heavy atom. The van der Waals surface area contributed by atoms with E-state index in [4.69, 9.17) is 5.73 Å². The molecule has 0 spiro atoms. The topological polar surface area (TPSA) is 121 Å². The van der Waals surface area contributed by atoms with Crippen molar-refractivity contribution >= 4 is 11.9 Å². The van der Waals surface area contributed by atoms with Crippen LogP contribution in [-0.4, -0.2) is 33.5 Å². The van der Waals surface area contributed by atoms with Crippen LogP contribution < -0.4 is 11.1 Å². The van der Waals surface area contributed by atoms with Crippen molar-refractivity contribution < 1.29 is 14.7 Å². The summed E-state index contributed by atoms with van der Waals surface area (Å²) in [6.45, 7) is 0.589. The molecule has 1 atom stereocenters. The van der Waals surface area contributed by atoms with Gasteiger partial charge in [0.25, 0.3) is 0 Å². The van der Waals surface area contributed by atoms with E-state index >= 15 is 0 Å². The Hall–Kier alpha value is -2.67. The molecule has 1 unspecified atom stereocenters. The zero-order chi connectivity index (χ0) is 15.0. The molecular formula is C14H14N4O3. The molecule has 0 saturated heterocycles. The lowest BCUT2D eigenvalue weighted by atomic mass is 10.1. The Labute approximate surface area is 120 Å². The number of nitrogens with one attached hydrogen (secondary N) is 2. The number of nitrogens with zero attached hydrogens (tertiary/aromatic N) is 1. The van der Waals surface area contributed by atoms with E-state index in [-0.39, 0.29) is 0 Å². The first-order valence-corrected chi connectivity index (χ1v) is 6.51. The van der Waals surface area contributed by atoms with Crippen molar-refractivity contribution in [1.29, 1.82) is 0 Å². The van der Waals surface area contributed by atoms with Crippen LogP contribution in [0.15, 0.2) is 24.3 Å². The van der Waals surface area contributed by atoms with Crippen LogP contribution in [0.5, 0.6) is 0 Å². The number of aliphatic carboxylic acids is 1. The predicted octanol–water partition coefficient (Wildman–Crippen LogP) is 0.447. The second kappa shape index (κ2) is 5.02. The van der Waals surface area contributed by atoms with Gasteiger partial charge in [0.2, 0.25) is 5.91 Å². The number of amides is 1. The van der Waals surface area contributed by atoms with Crippen LogP contribution in [0.2, 0.25) is 0 Å². The summed E-state index contributed by atoms with van der Waals surface area (Å²) in [5.41, 5.74) is 7.74. The molecule has 0 bridgehead atoms. The Morgan fingerprint density at radius 1 is 1.29 bits per heavy atom. The summed E-state index contributed by atoms with van der Waals surface area (Å²) < 4.78 is 0. The number of imidazole rings is 1. The summed E-state index contributed by atoms with van der Waals surface area (Å²) in [5, 5.41) is 12.1. The van der Waals surface area contributed by atoms with E-state index in [1.54, 1.807) is 24.3 Å². The SMILES string of the molecule is NC(=O)c1ccc(-c2nc3c([nH]2)CCNC3C(=O)O)cc1. The smallest absolute Gasteiger partial charge is 0.327 e. The van der Waals surface area contributed by atoms with Gasteiger partial charge < -0.3 is 15.8 Å². The minimum Gasteiger partial charge on any atom is -0.480 e. The first-order chi connectivity index (χ1) is 10.1. The van der Waals surface area contributed by atoms with Gasteiger partial charge in [-0.3, -0.25) is 14.9 Å². The normalized spacial score (nSPS) is 17.2. The fraction of sp³-hybridized carbons (Fsp3) is 0.214. The summed E-state index contributed by atoms with van der Waals surface area (Å²) >= 11 is 0. The molecule has 1 aliphatic rings. The highest BCUT2D eigenvalue weighted by Gasteiger charge is 2.29. The quantitative estimate of drug-likeness (QED) is 0.652. The first kappa shape index (κ1) is 13.3. The average Bonchev–Trinajstić information content (AvgIpc) is 2.90. The number of hydrogen-bond donors (Lipinski definition) is 4. The van der Waals surface area contributed by atoms with Crippen LogP contribution in [0.1, 0.15) is 27.8 Å². The predicted molar refractivity (Wildman–Crippen MR) is 74.6 cm³/mol. The van der Waals surface area contributed by atoms with E-state index in [1.165, 1.54) is 0 Å². The number of carboxylic acid groups (broad SMARTS) is 1. The summed E-state index contributed by atoms with van der Waals surface area (Å²) in [6, 6.07) is 5.91. The Bertz CT molecular complexity index is 706. The minimum absolute atomic E-state index is 0.417. The third-order valence-electron chi connectivity index (χ3n) is 3.50. The van der Waals surface area contributed by atoms with Gasteiger partial charge in [-0.25, -0.2) is 4.98 Å². The molecule has 1 aromatic carbocycles. The highest BCUT2D eigenvalue weighted by molar-refractivity contribution is 5.93. The molecular weight excluding hydrogens is 272 g/mol. The van der Waals surface area contributed by atoms with Crippen molar-refractivity contribution in [2.24, 2.45) is 5.73 Å². The van der Waals surface area contributed by atoms with Crippen molar-refractivity contribution in [2.75, 3.05) is 6.54 Å². The molecule has 5 N–H and O–H groups in total. The largest absolute Gasteiger partial charge is 0.480 e. The lowest BCUT2D eigenvalue weighted by molar-refractivity contribution is -0.139. The van der Waals surface area contributed by atoms with Gasteiger partial charge >= 0.3 is 5.97 Å². The van der Waals surface area contributed by atoms with Crippen LogP contribution in [0.25, 0.3) is 11.4 Å². The van der Waals surface area contributed by atoms with Crippen LogP contribution in [0, 0.1) is 0 Å². The maximum absolute atomic E-state index is 11.2. The molecule has 0 fully saturated rings. The molecule has 1 aromatic heterocycles. The van der Waals surface area contributed by atoms with E-state index in [9.17, 15) is 14.7 Å². The molecule has 2 aromatic rings. The number of primary amides is 1. The summed E-state index contributed by atoms with van der Waals surface area (Å²) in [4.78, 5) is 29.8. The molecule has 0 aliphatic carbocycles. The van der Waals surface area contributed by atoms with E-state index in [1.807, 2.05) is 0 Å². The fourth-order valence-corrected chi connectivity index (χ4v) is 2.42. The van der Waals surface area contributed by atoms with Gasteiger partial charge in [0, 0.05) is 29.8 Å². The highest BCUT2D eigenvalue weighted by Crippen LogP contribution is 2.25. The number of H-pyrrole nitrogens is 1. The fourth-order valence-electron chi connectivity index (χ4n) is 2.42. The van der Waals surface area contributed by atoms with Crippen LogP contribution in [0.3, 0.4) is 0 Å². The third-order valence-corrected chi connectivity index (χ3v) is 3.50. The number of rotatable bonds is 3. The molecule has 7 heteroatoms. The Balaban J connectivity index is 1.97. The maximum Gasteiger partial charge on any atom is 0.327 e. The number of nitrogens with two attached hydrogens (primary N) is 1. The molecule has 3 rings (SSSR count). The molecule has 2 heterocycles. The number of carboxylic acids is 1. The van der Waals surface area contributed by atoms with E-state index in [2.05, 4.69) is 15.3 Å². The number of carbonyl (C=O) groups excluding carboxylic acids is 1. The van der Waals surface area contributed by atoms with Crippen molar-refractivity contribution in [1.82, 2.24) is 15.3 Å². The second-order valence-electron chi connectivity index (χ2n) is 4.87. The average molecular weight is 286 g/mol. The van der Waals surface area contributed by atoms with Crippen LogP contribution in [-0.2, 0) is 11.2 Å². The first-order valence-electron chi connectivity index (χ1n) is 6.51. The van der Waals surface area contributed by atoms with Crippen molar-refractivity contribution in [3.05, 3.63) is 41.2 Å². The lowest BCUT2D eigenvalue weighted by Crippen LogP contribution is -2.35. The van der Waals surface area contributed by atoms with Crippen molar-refractivity contribution in [2.45, 2.75) is 12.5 Å². The van der Waals surface area contributed by atoms with Crippen LogP contribution in [0.4, 0.5) is 0 Å². The van der Waals surface area contributed by atoms with E-state index in [0.29, 0.717) is 30.0 Å². The highest BCUT2D eigenvalue weighted by atomic mass is 16.4. The molecule has 108 valence electrons. The van der Waals surface area contributed by atoms with Gasteiger partial charge in [-0.05, 0) is 12.1 Å². The van der Waals surface area contributed by atoms with E-state index in [0.717, 1.165) is 11.3 Å².